The molecule has 0 spiro atoms. The molecule has 1 rings (SSSR count). The van der Waals surface area contributed by atoms with Crippen LogP contribution in [0.25, 0.3) is 0 Å². The highest BCUT2D eigenvalue weighted by Gasteiger charge is 2.26. The minimum Gasteiger partial charge on any atom is -0.340 e. The number of benzene rings is 1. The lowest BCUT2D eigenvalue weighted by molar-refractivity contribution is -0.132. The van der Waals surface area contributed by atoms with Gasteiger partial charge in [-0.25, -0.2) is 17.5 Å². The standard InChI is InChI=1S/C15H22ClFN2O3S2/c1-4-24(21,22)18-14(8-9-23-3)15(20)19(2)10-11-12(16)6-5-7-13(11)17/h5-7,14,18H,4,8-10H2,1-3H3/t14-/m0/s1. The molecule has 5 nitrogen and oxygen atoms in total. The Labute approximate surface area is 152 Å². The summed E-state index contributed by atoms with van der Waals surface area (Å²) in [7, 11) is -2.03. The Balaban J connectivity index is 2.92. The highest BCUT2D eigenvalue weighted by molar-refractivity contribution is 7.98. The predicted octanol–water partition coefficient (Wildman–Crippen LogP) is 2.50. The third-order valence-corrected chi connectivity index (χ3v) is 5.85. The van der Waals surface area contributed by atoms with E-state index in [1.165, 1.54) is 42.8 Å². The molecule has 1 amide bonds. The molecule has 0 fully saturated rings. The monoisotopic (exact) mass is 396 g/mol. The summed E-state index contributed by atoms with van der Waals surface area (Å²) in [5, 5.41) is 0.226. The molecule has 0 aliphatic heterocycles. The number of nitrogens with zero attached hydrogens (tertiary/aromatic N) is 1. The fourth-order valence-corrected chi connectivity index (χ4v) is 3.55. The summed E-state index contributed by atoms with van der Waals surface area (Å²) < 4.78 is 39.9. The molecular weight excluding hydrogens is 375 g/mol. The third-order valence-electron chi connectivity index (χ3n) is 3.44. The van der Waals surface area contributed by atoms with Gasteiger partial charge in [0.25, 0.3) is 0 Å². The van der Waals surface area contributed by atoms with Gasteiger partial charge in [-0.15, -0.1) is 0 Å². The Morgan fingerprint density at radius 2 is 2.12 bits per heavy atom. The lowest BCUT2D eigenvalue weighted by Crippen LogP contribution is -2.47. The molecule has 0 aliphatic rings. The Morgan fingerprint density at radius 3 is 2.67 bits per heavy atom. The van der Waals surface area contributed by atoms with E-state index in [0.29, 0.717) is 12.2 Å². The number of carbonyl (C=O) groups excluding carboxylic acids is 1. The lowest BCUT2D eigenvalue weighted by atomic mass is 10.1. The molecule has 0 saturated carbocycles. The first kappa shape index (κ1) is 21.2. The first-order valence-electron chi connectivity index (χ1n) is 7.38. The van der Waals surface area contributed by atoms with Crippen LogP contribution in [0.1, 0.15) is 18.9 Å². The number of amides is 1. The number of carbonyl (C=O) groups is 1. The van der Waals surface area contributed by atoms with Crippen molar-refractivity contribution in [3.8, 4) is 0 Å². The molecule has 0 bridgehead atoms. The quantitative estimate of drug-likeness (QED) is 0.696. The molecule has 9 heteroatoms. The van der Waals surface area contributed by atoms with Gasteiger partial charge in [-0.05, 0) is 37.5 Å². The van der Waals surface area contributed by atoms with Crippen LogP contribution < -0.4 is 4.72 Å². The fraction of sp³-hybridized carbons (Fsp3) is 0.533. The van der Waals surface area contributed by atoms with Gasteiger partial charge < -0.3 is 4.90 Å². The summed E-state index contributed by atoms with van der Waals surface area (Å²) in [5.74, 6) is -0.409. The molecule has 0 heterocycles. The fourth-order valence-electron chi connectivity index (χ4n) is 2.03. The van der Waals surface area contributed by atoms with Crippen molar-refractivity contribution in [3.05, 3.63) is 34.6 Å². The van der Waals surface area contributed by atoms with E-state index in [-0.39, 0.29) is 22.9 Å². The van der Waals surface area contributed by atoms with Gasteiger partial charge in [0.2, 0.25) is 15.9 Å². The van der Waals surface area contributed by atoms with E-state index >= 15 is 0 Å². The number of likely N-dealkylation sites (N-methyl/N-ethyl adjacent to an activating group) is 1. The average molecular weight is 397 g/mol. The summed E-state index contributed by atoms with van der Waals surface area (Å²) in [4.78, 5) is 13.9. The summed E-state index contributed by atoms with van der Waals surface area (Å²) >= 11 is 7.49. The average Bonchev–Trinajstić information content (AvgIpc) is 2.54. The summed E-state index contributed by atoms with van der Waals surface area (Å²) in [6.07, 6.45) is 2.23. The topological polar surface area (TPSA) is 66.5 Å². The van der Waals surface area contributed by atoms with Gasteiger partial charge in [0.15, 0.2) is 0 Å². The zero-order valence-corrected chi connectivity index (χ0v) is 16.3. The van der Waals surface area contributed by atoms with Crippen LogP contribution in [0, 0.1) is 5.82 Å². The van der Waals surface area contributed by atoms with Gasteiger partial charge in [-0.2, -0.15) is 11.8 Å². The Morgan fingerprint density at radius 1 is 1.46 bits per heavy atom. The van der Waals surface area contributed by atoms with Crippen LogP contribution in [0.5, 0.6) is 0 Å². The highest BCUT2D eigenvalue weighted by Crippen LogP contribution is 2.21. The summed E-state index contributed by atoms with van der Waals surface area (Å²) in [6, 6.07) is 3.42. The molecule has 136 valence electrons. The number of thioether (sulfide) groups is 1. The Hall–Kier alpha value is -0.830. The Bertz CT molecular complexity index is 650. The molecule has 1 aromatic rings. The number of nitrogens with one attached hydrogen (secondary N) is 1. The molecule has 1 aromatic carbocycles. The SMILES string of the molecule is CCS(=O)(=O)N[C@@H](CCSC)C(=O)N(C)Cc1c(F)cccc1Cl. The van der Waals surface area contributed by atoms with E-state index in [2.05, 4.69) is 4.72 Å². The van der Waals surface area contributed by atoms with Gasteiger partial charge in [0.05, 0.1) is 5.75 Å². The molecule has 0 radical (unpaired) electrons. The molecule has 1 atom stereocenters. The van der Waals surface area contributed by atoms with Crippen LogP contribution in [0.3, 0.4) is 0 Å². The van der Waals surface area contributed by atoms with Crippen LogP contribution >= 0.6 is 23.4 Å². The van der Waals surface area contributed by atoms with Crippen molar-refractivity contribution >= 4 is 39.3 Å². The second kappa shape index (κ2) is 9.60. The number of sulfonamides is 1. The summed E-state index contributed by atoms with van der Waals surface area (Å²) in [6.45, 7) is 1.47. The molecule has 0 aromatic heterocycles. The molecule has 0 aliphatic carbocycles. The second-order valence-electron chi connectivity index (χ2n) is 5.25. The van der Waals surface area contributed by atoms with Crippen LogP contribution in [0.4, 0.5) is 4.39 Å². The van der Waals surface area contributed by atoms with E-state index < -0.39 is 27.8 Å². The van der Waals surface area contributed by atoms with Gasteiger partial charge in [-0.1, -0.05) is 17.7 Å². The van der Waals surface area contributed by atoms with Gasteiger partial charge in [0, 0.05) is 24.2 Å². The van der Waals surface area contributed by atoms with Crippen molar-refractivity contribution in [3.63, 3.8) is 0 Å². The van der Waals surface area contributed by atoms with Crippen molar-refractivity contribution in [2.45, 2.75) is 25.9 Å². The van der Waals surface area contributed by atoms with E-state index in [4.69, 9.17) is 11.6 Å². The molecule has 0 unspecified atom stereocenters. The zero-order valence-electron chi connectivity index (χ0n) is 13.9. The van der Waals surface area contributed by atoms with Crippen molar-refractivity contribution in [1.29, 1.82) is 0 Å². The molecule has 1 N–H and O–H groups in total. The maximum absolute atomic E-state index is 13.9. The Kier molecular flexibility index (Phi) is 8.49. The van der Waals surface area contributed by atoms with E-state index in [1.54, 1.807) is 6.07 Å². The number of halogens is 2. The van der Waals surface area contributed by atoms with Crippen molar-refractivity contribution in [2.24, 2.45) is 0 Å². The van der Waals surface area contributed by atoms with Crippen molar-refractivity contribution in [1.82, 2.24) is 9.62 Å². The van der Waals surface area contributed by atoms with Gasteiger partial charge in [-0.3, -0.25) is 4.79 Å². The van der Waals surface area contributed by atoms with Crippen molar-refractivity contribution in [2.75, 3.05) is 24.8 Å². The largest absolute Gasteiger partial charge is 0.340 e. The minimum atomic E-state index is -3.52. The number of hydrogen-bond acceptors (Lipinski definition) is 4. The number of hydrogen-bond donors (Lipinski definition) is 1. The first-order valence-corrected chi connectivity index (χ1v) is 10.8. The van der Waals surface area contributed by atoms with Gasteiger partial charge in [0.1, 0.15) is 11.9 Å². The van der Waals surface area contributed by atoms with E-state index in [1.807, 2.05) is 6.26 Å². The molecule has 24 heavy (non-hydrogen) atoms. The minimum absolute atomic E-state index is 0.0338. The van der Waals surface area contributed by atoms with Crippen LogP contribution in [0.2, 0.25) is 5.02 Å². The third kappa shape index (κ3) is 6.23. The van der Waals surface area contributed by atoms with Crippen LogP contribution in [0.15, 0.2) is 18.2 Å². The highest BCUT2D eigenvalue weighted by atomic mass is 35.5. The van der Waals surface area contributed by atoms with E-state index in [0.717, 1.165) is 0 Å². The second-order valence-corrected chi connectivity index (χ2v) is 8.69. The maximum Gasteiger partial charge on any atom is 0.240 e. The predicted molar refractivity (Wildman–Crippen MR) is 97.3 cm³/mol. The molecule has 0 saturated heterocycles. The van der Waals surface area contributed by atoms with Gasteiger partial charge >= 0.3 is 0 Å². The van der Waals surface area contributed by atoms with E-state index in [9.17, 15) is 17.6 Å². The van der Waals surface area contributed by atoms with Crippen molar-refractivity contribution < 1.29 is 17.6 Å². The van der Waals surface area contributed by atoms with Crippen LogP contribution in [-0.4, -0.2) is 50.1 Å². The zero-order chi connectivity index (χ0) is 18.3. The lowest BCUT2D eigenvalue weighted by Gasteiger charge is -2.25. The normalized spacial score (nSPS) is 12.9. The van der Waals surface area contributed by atoms with Crippen LogP contribution in [-0.2, 0) is 21.4 Å². The summed E-state index contributed by atoms with van der Waals surface area (Å²) in [5.41, 5.74) is 0.206. The maximum atomic E-state index is 13.9. The smallest absolute Gasteiger partial charge is 0.240 e. The first-order chi connectivity index (χ1) is 11.2. The number of rotatable bonds is 9. The molecular formula is C15H22ClFN2O3S2.